The molecular formula is C68H76FN14O12S2+. The fourth-order valence-electron chi connectivity index (χ4n) is 10.5. The minimum Gasteiger partial charge on any atom is -0.491 e. The van der Waals surface area contributed by atoms with Crippen molar-refractivity contribution in [1.82, 2.24) is 45.9 Å². The highest BCUT2D eigenvalue weighted by atomic mass is 32.1. The van der Waals surface area contributed by atoms with Gasteiger partial charge in [-0.25, -0.2) is 28.7 Å². The number of primary amides is 1. The van der Waals surface area contributed by atoms with Crippen LogP contribution in [0, 0.1) is 55.2 Å². The van der Waals surface area contributed by atoms with Gasteiger partial charge in [0.2, 0.25) is 17.7 Å². The lowest BCUT2D eigenvalue weighted by Crippen LogP contribution is -2.54. The molecule has 3 aromatic heterocycles. The molecule has 0 unspecified atom stereocenters. The van der Waals surface area contributed by atoms with Gasteiger partial charge in [-0.1, -0.05) is 61.1 Å². The van der Waals surface area contributed by atoms with E-state index in [1.807, 2.05) is 50.2 Å². The van der Waals surface area contributed by atoms with E-state index >= 15 is 4.39 Å². The Labute approximate surface area is 568 Å². The number of carbonyl (C=O) groups excluding carboxylic acids is 7. The second kappa shape index (κ2) is 34.2. The van der Waals surface area contributed by atoms with E-state index in [2.05, 4.69) is 70.4 Å². The van der Waals surface area contributed by atoms with Crippen LogP contribution >= 0.6 is 22.7 Å². The first kappa shape index (κ1) is 72.3. The SMILES string of the molecule is C#CCOC(=O)N(CC#C)Cc1cc(NC(=O)[C@H](CCCNC(N)=O)NC(=O)[C@@H](NC(=O)CCOCCN2C(=O)C=CC2=O)C(C)C)ccc1C[N+](C)(C)CC#Cc1ccc(OCCCc2sc(N3CCCc4c3nnc(Nc3nc5ccccc5s3)c4C)nc2C(=O)O)c(F)c1. The zero-order valence-corrected chi connectivity index (χ0v) is 56.0. The number of urea groups is 1. The maximum absolute atomic E-state index is 15.6. The number of nitrogens with zero attached hydrogens (tertiary/aromatic N) is 8. The fourth-order valence-corrected chi connectivity index (χ4v) is 12.5. The van der Waals surface area contributed by atoms with Crippen molar-refractivity contribution in [3.05, 3.63) is 117 Å². The first-order chi connectivity index (χ1) is 46.5. The largest absolute Gasteiger partial charge is 0.491 e. The molecule has 508 valence electrons. The summed E-state index contributed by atoms with van der Waals surface area (Å²) >= 11 is 2.78. The molecule has 3 aromatic carbocycles. The van der Waals surface area contributed by atoms with Crippen LogP contribution in [0.5, 0.6) is 5.75 Å². The molecule has 0 radical (unpaired) electrons. The summed E-state index contributed by atoms with van der Waals surface area (Å²) in [6.45, 7) is 6.06. The third kappa shape index (κ3) is 20.3. The molecular weight excluding hydrogens is 1290 g/mol. The van der Waals surface area contributed by atoms with Crippen molar-refractivity contribution < 1.29 is 66.5 Å². The number of para-hydroxylation sites is 1. The average Bonchev–Trinajstić information content (AvgIpc) is 1.69. The van der Waals surface area contributed by atoms with Crippen LogP contribution in [0.15, 0.2) is 72.8 Å². The lowest BCUT2D eigenvalue weighted by molar-refractivity contribution is -0.896. The van der Waals surface area contributed by atoms with E-state index in [0.717, 1.165) is 56.8 Å². The highest BCUT2D eigenvalue weighted by molar-refractivity contribution is 7.22. The Morgan fingerprint density at radius 1 is 0.918 bits per heavy atom. The van der Waals surface area contributed by atoms with Crippen molar-refractivity contribution in [2.45, 2.75) is 90.9 Å². The number of anilines is 5. The number of aromatic nitrogens is 4. The van der Waals surface area contributed by atoms with Gasteiger partial charge in [0.15, 0.2) is 45.8 Å². The molecule has 0 saturated heterocycles. The van der Waals surface area contributed by atoms with E-state index in [1.54, 1.807) is 38.1 Å². The van der Waals surface area contributed by atoms with Gasteiger partial charge in [0.1, 0.15) is 25.2 Å². The first-order valence-electron chi connectivity index (χ1n) is 31.2. The number of quaternary nitrogens is 1. The number of imide groups is 1. The molecule has 26 nitrogen and oxygen atoms in total. The third-order valence-electron chi connectivity index (χ3n) is 15.5. The van der Waals surface area contributed by atoms with Crippen LogP contribution in [0.3, 0.4) is 0 Å². The fraction of sp³-hybridized carbons (Fsp3) is 0.382. The predicted molar refractivity (Wildman–Crippen MR) is 363 cm³/mol. The number of aryl methyl sites for hydroxylation is 1. The molecule has 8 N–H and O–H groups in total. The van der Waals surface area contributed by atoms with Gasteiger partial charge in [-0.2, -0.15) is 0 Å². The number of halogens is 1. The number of hydrogen-bond acceptors (Lipinski definition) is 19. The highest BCUT2D eigenvalue weighted by Crippen LogP contribution is 2.39. The van der Waals surface area contributed by atoms with Crippen molar-refractivity contribution in [2.75, 3.05) is 88.8 Å². The predicted octanol–water partition coefficient (Wildman–Crippen LogP) is 6.71. The Balaban J connectivity index is 0.886. The smallest absolute Gasteiger partial charge is 0.411 e. The van der Waals surface area contributed by atoms with Gasteiger partial charge in [0.25, 0.3) is 11.8 Å². The number of carbonyl (C=O) groups is 8. The molecule has 5 heterocycles. The molecule has 97 heavy (non-hydrogen) atoms. The molecule has 0 spiro atoms. The third-order valence-corrected chi connectivity index (χ3v) is 17.5. The van der Waals surface area contributed by atoms with Crippen molar-refractivity contribution in [3.63, 3.8) is 0 Å². The van der Waals surface area contributed by atoms with Crippen LogP contribution in [0.25, 0.3) is 10.2 Å². The molecule has 2 atom stereocenters. The Kier molecular flexibility index (Phi) is 25.5. The van der Waals surface area contributed by atoms with E-state index in [0.29, 0.717) is 63.8 Å². The van der Waals surface area contributed by atoms with Crippen molar-refractivity contribution >= 4 is 108 Å². The number of fused-ring (bicyclic) bond motifs is 2. The number of benzene rings is 3. The van der Waals surface area contributed by atoms with E-state index in [1.165, 1.54) is 39.7 Å². The number of ether oxygens (including phenoxy) is 3. The topological polar surface area (TPSA) is 332 Å². The van der Waals surface area contributed by atoms with Gasteiger partial charge >= 0.3 is 18.1 Å². The minimum atomic E-state index is -1.20. The number of thiazole rings is 2. The molecule has 2 aliphatic heterocycles. The number of carboxylic acid groups (broad SMARTS) is 1. The zero-order valence-electron chi connectivity index (χ0n) is 54.3. The van der Waals surface area contributed by atoms with Crippen LogP contribution in [-0.2, 0) is 59.4 Å². The molecule has 8 amide bonds. The molecule has 29 heteroatoms. The molecule has 6 aromatic rings. The van der Waals surface area contributed by atoms with E-state index in [-0.39, 0.29) is 100 Å². The number of nitrogens with one attached hydrogen (secondary N) is 5. The summed E-state index contributed by atoms with van der Waals surface area (Å²) in [5.74, 6) is 7.12. The molecule has 2 aliphatic rings. The maximum Gasteiger partial charge on any atom is 0.411 e. The number of carboxylic acids is 1. The number of aromatic carboxylic acids is 1. The lowest BCUT2D eigenvalue weighted by atomic mass is 10.0. The lowest BCUT2D eigenvalue weighted by Gasteiger charge is -2.29. The van der Waals surface area contributed by atoms with E-state index < -0.39 is 71.4 Å². The number of hydrogen-bond donors (Lipinski definition) is 7. The Bertz CT molecular complexity index is 4060. The standard InChI is InChI=1S/C68H75FN14O12S2/c1-8-30-80(68(92)95-34-9-2)40-46-39-47(72-62(87)51(19-12-29-71-65(70)91)73-63(88)58(42(3)4)75-55(84)28-36-93-37-32-81-56(85)26-27-57(81)86)24-23-45(46)41-83(6,7)33-14-16-44-22-25-52(49(69)38-44)94-35-15-21-54-59(64(89)90)76-67(97-54)82-31-13-17-48-43(5)60(78-79-61(48)82)77-66-74-50-18-10-11-20-53(50)96-66/h1-2,10-11,18,20,22-27,38-39,42,51,58H,12-13,15,17,19,21,28-37,40-41H2,3-7H3,(H7-,70,71,72,73,74,75,77,78,84,87,88,89,90,91)/p+1/t51-,58-/m0/s1. The van der Waals surface area contributed by atoms with Crippen LogP contribution < -0.4 is 42.0 Å². The Hall–Kier alpha value is -10.5. The van der Waals surface area contributed by atoms with Gasteiger partial charge in [-0.3, -0.25) is 33.8 Å². The second-order valence-corrected chi connectivity index (χ2v) is 25.8. The molecule has 0 bridgehead atoms. The number of terminal acetylenes is 2. The van der Waals surface area contributed by atoms with Crippen molar-refractivity contribution in [3.8, 4) is 42.3 Å². The van der Waals surface area contributed by atoms with Gasteiger partial charge < -0.3 is 61.0 Å². The van der Waals surface area contributed by atoms with Crippen molar-refractivity contribution in [1.29, 1.82) is 0 Å². The normalized spacial score (nSPS) is 13.2. The summed E-state index contributed by atoms with van der Waals surface area (Å²) in [6.07, 6.45) is 14.9. The highest BCUT2D eigenvalue weighted by Gasteiger charge is 2.32. The molecule has 8 rings (SSSR count). The van der Waals surface area contributed by atoms with Gasteiger partial charge in [0, 0.05) is 64.5 Å². The van der Waals surface area contributed by atoms with Gasteiger partial charge in [0.05, 0.1) is 63.8 Å². The maximum atomic E-state index is 15.6. The first-order valence-corrected chi connectivity index (χ1v) is 32.8. The van der Waals surface area contributed by atoms with Crippen LogP contribution in [0.2, 0.25) is 0 Å². The summed E-state index contributed by atoms with van der Waals surface area (Å²) in [7, 11) is 3.84. The summed E-state index contributed by atoms with van der Waals surface area (Å²) in [5, 5.41) is 34.6. The van der Waals surface area contributed by atoms with E-state index in [9.17, 15) is 43.5 Å². The molecule has 0 fully saturated rings. The van der Waals surface area contributed by atoms with Gasteiger partial charge in [-0.05, 0) is 105 Å². The van der Waals surface area contributed by atoms with Gasteiger partial charge in [-0.15, -0.1) is 34.4 Å². The van der Waals surface area contributed by atoms with Crippen molar-refractivity contribution in [2.24, 2.45) is 11.7 Å². The van der Waals surface area contributed by atoms with Crippen LogP contribution in [0.4, 0.5) is 41.6 Å². The molecule has 0 saturated carbocycles. The second-order valence-electron chi connectivity index (χ2n) is 23.7. The monoisotopic (exact) mass is 1360 g/mol. The molecule has 0 aliphatic carbocycles. The number of nitrogens with two attached hydrogens (primary N) is 1. The van der Waals surface area contributed by atoms with Crippen LogP contribution in [-0.4, -0.2) is 173 Å². The summed E-state index contributed by atoms with van der Waals surface area (Å²) in [5.41, 5.74) is 9.94. The van der Waals surface area contributed by atoms with E-state index in [4.69, 9.17) is 32.8 Å². The number of rotatable bonds is 32. The zero-order chi connectivity index (χ0) is 69.8. The number of amides is 8. The summed E-state index contributed by atoms with van der Waals surface area (Å²) in [6, 6.07) is 14.2. The summed E-state index contributed by atoms with van der Waals surface area (Å²) < 4.78 is 33.5. The quantitative estimate of drug-likeness (QED) is 0.00999. The summed E-state index contributed by atoms with van der Waals surface area (Å²) in [4.78, 5) is 116. The Morgan fingerprint density at radius 2 is 1.70 bits per heavy atom. The Morgan fingerprint density at radius 3 is 2.42 bits per heavy atom. The minimum absolute atomic E-state index is 0.000667. The average molecular weight is 1360 g/mol. The van der Waals surface area contributed by atoms with Crippen LogP contribution in [0.1, 0.15) is 89.1 Å².